The zero-order valence-electron chi connectivity index (χ0n) is 14.6. The van der Waals surface area contributed by atoms with E-state index >= 15 is 0 Å². The number of rotatable bonds is 5. The summed E-state index contributed by atoms with van der Waals surface area (Å²) in [7, 11) is 0. The van der Waals surface area contributed by atoms with Crippen LogP contribution in [-0.4, -0.2) is 15.5 Å². The molecule has 1 amide bonds. The van der Waals surface area contributed by atoms with Crippen LogP contribution in [0.2, 0.25) is 0 Å². The highest BCUT2D eigenvalue weighted by atomic mass is 16.2. The van der Waals surface area contributed by atoms with E-state index in [1.54, 1.807) is 0 Å². The van der Waals surface area contributed by atoms with Gasteiger partial charge in [-0.1, -0.05) is 42.5 Å². The molecule has 128 valence electrons. The molecule has 1 aliphatic rings. The average molecular weight is 333 g/mol. The fraction of sp³-hybridized carbons (Fsp3) is 0.333. The van der Waals surface area contributed by atoms with Crippen molar-refractivity contribution in [1.29, 1.82) is 0 Å². The molecule has 2 aromatic carbocycles. The minimum absolute atomic E-state index is 0.119. The summed E-state index contributed by atoms with van der Waals surface area (Å²) < 4.78 is 2.25. The van der Waals surface area contributed by atoms with Gasteiger partial charge < -0.3 is 9.88 Å². The number of hydrogen-bond donors (Lipinski definition) is 1. The maximum atomic E-state index is 12.2. The first kappa shape index (κ1) is 15.9. The fourth-order valence-corrected chi connectivity index (χ4v) is 3.40. The molecule has 0 bridgehead atoms. The number of fused-ring (bicyclic) bond motifs is 1. The van der Waals surface area contributed by atoms with Crippen molar-refractivity contribution in [3.63, 3.8) is 0 Å². The third-order valence-corrected chi connectivity index (χ3v) is 4.99. The minimum atomic E-state index is -0.119. The number of amides is 1. The summed E-state index contributed by atoms with van der Waals surface area (Å²) >= 11 is 0. The van der Waals surface area contributed by atoms with Gasteiger partial charge in [-0.15, -0.1) is 0 Å². The number of nitrogens with one attached hydrogen (secondary N) is 1. The lowest BCUT2D eigenvalue weighted by Crippen LogP contribution is -2.30. The minimum Gasteiger partial charge on any atom is -0.346 e. The first-order chi connectivity index (χ1) is 12.1. The molecule has 4 heteroatoms. The van der Waals surface area contributed by atoms with Crippen LogP contribution in [0.3, 0.4) is 0 Å². The molecular formula is C21H23N3O. The SMILES string of the molecule is CC(NC(=O)C1CC1)c1nc2ccccc2n1C(C)c1ccccc1. The molecule has 1 N–H and O–H groups in total. The lowest BCUT2D eigenvalue weighted by Gasteiger charge is -2.22. The van der Waals surface area contributed by atoms with Crippen molar-refractivity contribution in [2.24, 2.45) is 5.92 Å². The molecule has 1 aromatic heterocycles. The summed E-state index contributed by atoms with van der Waals surface area (Å²) in [5, 5.41) is 3.14. The van der Waals surface area contributed by atoms with Crippen LogP contribution in [0.4, 0.5) is 0 Å². The highest BCUT2D eigenvalue weighted by Crippen LogP contribution is 2.31. The maximum Gasteiger partial charge on any atom is 0.223 e. The van der Waals surface area contributed by atoms with Crippen LogP contribution in [0, 0.1) is 5.92 Å². The number of aromatic nitrogens is 2. The number of hydrogen-bond acceptors (Lipinski definition) is 2. The molecule has 0 radical (unpaired) electrons. The Hall–Kier alpha value is -2.62. The second kappa shape index (κ2) is 6.36. The van der Waals surface area contributed by atoms with Crippen molar-refractivity contribution in [1.82, 2.24) is 14.9 Å². The molecule has 2 atom stereocenters. The maximum absolute atomic E-state index is 12.2. The molecule has 0 spiro atoms. The van der Waals surface area contributed by atoms with Crippen LogP contribution in [0.5, 0.6) is 0 Å². The van der Waals surface area contributed by atoms with Crippen LogP contribution in [0.25, 0.3) is 11.0 Å². The summed E-state index contributed by atoms with van der Waals surface area (Å²) in [6.07, 6.45) is 2.02. The number of carbonyl (C=O) groups is 1. The highest BCUT2D eigenvalue weighted by Gasteiger charge is 2.31. The number of benzene rings is 2. The van der Waals surface area contributed by atoms with Crippen molar-refractivity contribution >= 4 is 16.9 Å². The molecule has 1 saturated carbocycles. The van der Waals surface area contributed by atoms with Gasteiger partial charge in [-0.25, -0.2) is 4.98 Å². The number of carbonyl (C=O) groups excluding carboxylic acids is 1. The topological polar surface area (TPSA) is 46.9 Å². The first-order valence-corrected chi connectivity index (χ1v) is 8.97. The van der Waals surface area contributed by atoms with Crippen LogP contribution >= 0.6 is 0 Å². The number of nitrogens with zero attached hydrogens (tertiary/aromatic N) is 2. The van der Waals surface area contributed by atoms with Gasteiger partial charge in [-0.3, -0.25) is 4.79 Å². The molecule has 1 heterocycles. The zero-order valence-corrected chi connectivity index (χ0v) is 14.6. The average Bonchev–Trinajstić information content (AvgIpc) is 3.42. The van der Waals surface area contributed by atoms with Gasteiger partial charge in [0, 0.05) is 5.92 Å². The van der Waals surface area contributed by atoms with E-state index in [1.807, 2.05) is 31.2 Å². The third-order valence-electron chi connectivity index (χ3n) is 4.99. The van der Waals surface area contributed by atoms with Gasteiger partial charge in [-0.05, 0) is 44.4 Å². The standard InChI is InChI=1S/C21H23N3O/c1-14(22-21(25)17-12-13-17)20-23-18-10-6-7-11-19(18)24(20)15(2)16-8-4-3-5-9-16/h3-11,14-15,17H,12-13H2,1-2H3,(H,22,25). The van der Waals surface area contributed by atoms with Crippen LogP contribution in [-0.2, 0) is 4.79 Å². The molecule has 2 unspecified atom stereocenters. The Morgan fingerprint density at radius 1 is 1.08 bits per heavy atom. The lowest BCUT2D eigenvalue weighted by atomic mass is 10.1. The van der Waals surface area contributed by atoms with Crippen molar-refractivity contribution in [2.45, 2.75) is 38.8 Å². The first-order valence-electron chi connectivity index (χ1n) is 8.97. The van der Waals surface area contributed by atoms with E-state index in [2.05, 4.69) is 47.1 Å². The molecule has 3 aromatic rings. The van der Waals surface area contributed by atoms with E-state index in [0.29, 0.717) is 0 Å². The van der Waals surface area contributed by atoms with Crippen molar-refractivity contribution in [3.05, 3.63) is 66.0 Å². The molecule has 4 rings (SSSR count). The Balaban J connectivity index is 1.76. The summed E-state index contributed by atoms with van der Waals surface area (Å²) in [5.74, 6) is 1.26. The predicted octanol–water partition coefficient (Wildman–Crippen LogP) is 4.23. The Kier molecular flexibility index (Phi) is 4.04. The van der Waals surface area contributed by atoms with Gasteiger partial charge in [-0.2, -0.15) is 0 Å². The molecule has 25 heavy (non-hydrogen) atoms. The Bertz CT molecular complexity index is 896. The van der Waals surface area contributed by atoms with Gasteiger partial charge in [0.25, 0.3) is 0 Å². The molecule has 0 aliphatic heterocycles. The second-order valence-electron chi connectivity index (χ2n) is 6.92. The number of imidazole rings is 1. The van der Waals surface area contributed by atoms with E-state index in [-0.39, 0.29) is 23.9 Å². The lowest BCUT2D eigenvalue weighted by molar-refractivity contribution is -0.123. The molecule has 4 nitrogen and oxygen atoms in total. The zero-order chi connectivity index (χ0) is 17.4. The van der Waals surface area contributed by atoms with Crippen LogP contribution < -0.4 is 5.32 Å². The highest BCUT2D eigenvalue weighted by molar-refractivity contribution is 5.81. The summed E-state index contributed by atoms with van der Waals surface area (Å²) in [5.41, 5.74) is 3.29. The summed E-state index contributed by atoms with van der Waals surface area (Å²) in [6, 6.07) is 18.6. The number of para-hydroxylation sites is 2. The van der Waals surface area contributed by atoms with E-state index in [4.69, 9.17) is 4.98 Å². The Labute approximate surface area is 147 Å². The Morgan fingerprint density at radius 3 is 2.48 bits per heavy atom. The fourth-order valence-electron chi connectivity index (χ4n) is 3.40. The summed E-state index contributed by atoms with van der Waals surface area (Å²) in [6.45, 7) is 4.21. The van der Waals surface area contributed by atoms with Gasteiger partial charge in [0.15, 0.2) is 0 Å². The predicted molar refractivity (Wildman–Crippen MR) is 99.3 cm³/mol. The monoisotopic (exact) mass is 333 g/mol. The van der Waals surface area contributed by atoms with E-state index in [9.17, 15) is 4.79 Å². The van der Waals surface area contributed by atoms with Gasteiger partial charge in [0.05, 0.1) is 23.1 Å². The van der Waals surface area contributed by atoms with Crippen molar-refractivity contribution < 1.29 is 4.79 Å². The normalized spacial score (nSPS) is 16.6. The largest absolute Gasteiger partial charge is 0.346 e. The van der Waals surface area contributed by atoms with E-state index in [1.165, 1.54) is 5.56 Å². The smallest absolute Gasteiger partial charge is 0.223 e. The van der Waals surface area contributed by atoms with E-state index < -0.39 is 0 Å². The molecule has 0 saturated heterocycles. The van der Waals surface area contributed by atoms with Crippen LogP contribution in [0.15, 0.2) is 54.6 Å². The summed E-state index contributed by atoms with van der Waals surface area (Å²) in [4.78, 5) is 17.0. The van der Waals surface area contributed by atoms with Gasteiger partial charge >= 0.3 is 0 Å². The van der Waals surface area contributed by atoms with Gasteiger partial charge in [0.1, 0.15) is 5.82 Å². The molecule has 1 fully saturated rings. The Morgan fingerprint density at radius 2 is 1.76 bits per heavy atom. The molecular weight excluding hydrogens is 310 g/mol. The van der Waals surface area contributed by atoms with Gasteiger partial charge in [0.2, 0.25) is 5.91 Å². The van der Waals surface area contributed by atoms with Crippen molar-refractivity contribution in [2.75, 3.05) is 0 Å². The van der Waals surface area contributed by atoms with E-state index in [0.717, 1.165) is 29.7 Å². The third kappa shape index (κ3) is 3.04. The van der Waals surface area contributed by atoms with Crippen LogP contribution in [0.1, 0.15) is 50.2 Å². The quantitative estimate of drug-likeness (QED) is 0.759. The molecule has 1 aliphatic carbocycles. The second-order valence-corrected chi connectivity index (χ2v) is 6.92. The van der Waals surface area contributed by atoms with Crippen molar-refractivity contribution in [3.8, 4) is 0 Å².